The molecule has 2 aromatic carbocycles. The van der Waals surface area contributed by atoms with E-state index in [0.29, 0.717) is 25.1 Å². The molecule has 1 atom stereocenters. The number of carbonyl (C=O) groups excluding carboxylic acids is 2. The number of hydrogen-bond acceptors (Lipinski definition) is 3. The van der Waals surface area contributed by atoms with Gasteiger partial charge in [-0.3, -0.25) is 9.59 Å². The molecule has 174 valence electrons. The van der Waals surface area contributed by atoms with Crippen LogP contribution in [0.3, 0.4) is 0 Å². The zero-order valence-corrected chi connectivity index (χ0v) is 20.4. The van der Waals surface area contributed by atoms with Gasteiger partial charge in [-0.15, -0.1) is 0 Å². The summed E-state index contributed by atoms with van der Waals surface area (Å²) in [6.45, 7) is 12.5. The van der Waals surface area contributed by atoms with Crippen LogP contribution in [-0.2, 0) is 21.4 Å². The van der Waals surface area contributed by atoms with E-state index in [9.17, 15) is 9.59 Å². The smallest absolute Gasteiger partial charge is 0.261 e. The number of rotatable bonds is 10. The maximum atomic E-state index is 13.3. The molecular formula is C27H38N2O3. The third-order valence-electron chi connectivity index (χ3n) is 5.35. The maximum Gasteiger partial charge on any atom is 0.261 e. The molecule has 5 nitrogen and oxygen atoms in total. The van der Waals surface area contributed by atoms with Crippen molar-refractivity contribution in [1.82, 2.24) is 10.2 Å². The molecule has 1 N–H and O–H groups in total. The standard InChI is InChI=1S/C27H38N2O3/c1-7-23(26(31)28-20(2)3)29(18-17-21-13-9-8-10-14-21)25(30)19-32-24-16-12-11-15-22(24)27(4,5)6/h8-16,20,23H,7,17-19H2,1-6H3,(H,28,31)/t23-/m0/s1. The fourth-order valence-corrected chi connectivity index (χ4v) is 3.71. The van der Waals surface area contributed by atoms with E-state index in [0.717, 1.165) is 11.1 Å². The second kappa shape index (κ2) is 11.7. The molecule has 0 spiro atoms. The van der Waals surface area contributed by atoms with Gasteiger partial charge in [-0.2, -0.15) is 0 Å². The van der Waals surface area contributed by atoms with Crippen molar-refractivity contribution in [3.8, 4) is 5.75 Å². The third kappa shape index (κ3) is 7.40. The summed E-state index contributed by atoms with van der Waals surface area (Å²) in [5.74, 6) is 0.394. The number of amides is 2. The van der Waals surface area contributed by atoms with E-state index in [1.807, 2.05) is 75.4 Å². The van der Waals surface area contributed by atoms with Gasteiger partial charge in [-0.25, -0.2) is 0 Å². The molecule has 0 unspecified atom stereocenters. The molecule has 0 aromatic heterocycles. The van der Waals surface area contributed by atoms with Gasteiger partial charge in [0.2, 0.25) is 5.91 Å². The summed E-state index contributed by atoms with van der Waals surface area (Å²) in [6, 6.07) is 17.3. The van der Waals surface area contributed by atoms with Crippen LogP contribution < -0.4 is 10.1 Å². The van der Waals surface area contributed by atoms with Gasteiger partial charge in [0.15, 0.2) is 6.61 Å². The Morgan fingerprint density at radius 3 is 2.22 bits per heavy atom. The van der Waals surface area contributed by atoms with Crippen LogP contribution in [0, 0.1) is 0 Å². The lowest BCUT2D eigenvalue weighted by atomic mass is 9.86. The quantitative estimate of drug-likeness (QED) is 0.583. The summed E-state index contributed by atoms with van der Waals surface area (Å²) >= 11 is 0. The number of hydrogen-bond donors (Lipinski definition) is 1. The fourth-order valence-electron chi connectivity index (χ4n) is 3.71. The van der Waals surface area contributed by atoms with Gasteiger partial charge in [0.05, 0.1) is 0 Å². The summed E-state index contributed by atoms with van der Waals surface area (Å²) in [6.07, 6.45) is 1.22. The number of benzene rings is 2. The minimum absolute atomic E-state index is 0.0116. The Bertz CT molecular complexity index is 872. The molecule has 5 heteroatoms. The predicted octanol–water partition coefficient (Wildman–Crippen LogP) is 4.74. The first-order valence-electron chi connectivity index (χ1n) is 11.5. The first-order valence-corrected chi connectivity index (χ1v) is 11.5. The number of carbonyl (C=O) groups is 2. The van der Waals surface area contributed by atoms with Crippen molar-refractivity contribution >= 4 is 11.8 Å². The highest BCUT2D eigenvalue weighted by Crippen LogP contribution is 2.31. The molecule has 0 aliphatic heterocycles. The molecule has 0 heterocycles. The summed E-state index contributed by atoms with van der Waals surface area (Å²) in [5, 5.41) is 2.96. The summed E-state index contributed by atoms with van der Waals surface area (Å²) < 4.78 is 5.99. The molecule has 0 bridgehead atoms. The molecule has 0 radical (unpaired) electrons. The lowest BCUT2D eigenvalue weighted by Crippen LogP contribution is -2.52. The minimum atomic E-state index is -0.532. The summed E-state index contributed by atoms with van der Waals surface area (Å²) in [7, 11) is 0. The summed E-state index contributed by atoms with van der Waals surface area (Å²) in [4.78, 5) is 27.8. The van der Waals surface area contributed by atoms with Crippen LogP contribution in [0.4, 0.5) is 0 Å². The monoisotopic (exact) mass is 438 g/mol. The minimum Gasteiger partial charge on any atom is -0.483 e. The van der Waals surface area contributed by atoms with Gasteiger partial charge in [0.1, 0.15) is 11.8 Å². The van der Waals surface area contributed by atoms with E-state index in [-0.39, 0.29) is 29.9 Å². The second-order valence-corrected chi connectivity index (χ2v) is 9.44. The van der Waals surface area contributed by atoms with Crippen LogP contribution in [0.1, 0.15) is 59.1 Å². The molecule has 0 saturated heterocycles. The molecule has 2 rings (SSSR count). The van der Waals surface area contributed by atoms with Crippen molar-refractivity contribution in [2.75, 3.05) is 13.2 Å². The number of nitrogens with one attached hydrogen (secondary N) is 1. The van der Waals surface area contributed by atoms with Gasteiger partial charge in [-0.05, 0) is 49.3 Å². The van der Waals surface area contributed by atoms with Crippen LogP contribution in [0.25, 0.3) is 0 Å². The first-order chi connectivity index (χ1) is 15.1. The van der Waals surface area contributed by atoms with Crippen molar-refractivity contribution in [1.29, 1.82) is 0 Å². The highest BCUT2D eigenvalue weighted by Gasteiger charge is 2.29. The van der Waals surface area contributed by atoms with Crippen molar-refractivity contribution in [2.24, 2.45) is 0 Å². The maximum absolute atomic E-state index is 13.3. The SMILES string of the molecule is CC[C@@H](C(=O)NC(C)C)N(CCc1ccccc1)C(=O)COc1ccccc1C(C)(C)C. The molecule has 0 fully saturated rings. The normalized spacial score (nSPS) is 12.3. The average molecular weight is 439 g/mol. The Hall–Kier alpha value is -2.82. The molecule has 0 aliphatic rings. The van der Waals surface area contributed by atoms with Gasteiger partial charge in [0.25, 0.3) is 5.91 Å². The second-order valence-electron chi connectivity index (χ2n) is 9.44. The first kappa shape index (κ1) is 25.4. The Morgan fingerprint density at radius 1 is 1.00 bits per heavy atom. The van der Waals surface area contributed by atoms with Crippen LogP contribution in [0.5, 0.6) is 5.75 Å². The fraction of sp³-hybridized carbons (Fsp3) is 0.481. The number of nitrogens with zero attached hydrogens (tertiary/aromatic N) is 1. The molecule has 2 aromatic rings. The van der Waals surface area contributed by atoms with Crippen molar-refractivity contribution < 1.29 is 14.3 Å². The zero-order chi connectivity index (χ0) is 23.7. The molecule has 2 amide bonds. The van der Waals surface area contributed by atoms with Gasteiger partial charge < -0.3 is 15.0 Å². The van der Waals surface area contributed by atoms with E-state index in [1.54, 1.807) is 4.90 Å². The lowest BCUT2D eigenvalue weighted by Gasteiger charge is -2.31. The van der Waals surface area contributed by atoms with Crippen LogP contribution in [0.2, 0.25) is 0 Å². The molecule has 0 aliphatic carbocycles. The lowest BCUT2D eigenvalue weighted by molar-refractivity contribution is -0.142. The Kier molecular flexibility index (Phi) is 9.30. The number of ether oxygens (including phenoxy) is 1. The Morgan fingerprint density at radius 2 is 1.62 bits per heavy atom. The van der Waals surface area contributed by atoms with E-state index in [1.165, 1.54) is 0 Å². The number of para-hydroxylation sites is 1. The van der Waals surface area contributed by atoms with Crippen LogP contribution >= 0.6 is 0 Å². The predicted molar refractivity (Wildman–Crippen MR) is 130 cm³/mol. The van der Waals surface area contributed by atoms with Crippen molar-refractivity contribution in [3.63, 3.8) is 0 Å². The van der Waals surface area contributed by atoms with E-state index >= 15 is 0 Å². The molecular weight excluding hydrogens is 400 g/mol. The van der Waals surface area contributed by atoms with Gasteiger partial charge in [-0.1, -0.05) is 76.2 Å². The van der Waals surface area contributed by atoms with E-state index in [4.69, 9.17) is 4.74 Å². The Labute approximate surface area is 193 Å². The largest absolute Gasteiger partial charge is 0.483 e. The van der Waals surface area contributed by atoms with Crippen LogP contribution in [0.15, 0.2) is 54.6 Å². The third-order valence-corrected chi connectivity index (χ3v) is 5.35. The average Bonchev–Trinajstić information content (AvgIpc) is 2.74. The van der Waals surface area contributed by atoms with Crippen molar-refractivity contribution in [2.45, 2.75) is 71.9 Å². The molecule has 32 heavy (non-hydrogen) atoms. The van der Waals surface area contributed by atoms with Gasteiger partial charge >= 0.3 is 0 Å². The molecule has 0 saturated carbocycles. The van der Waals surface area contributed by atoms with Crippen LogP contribution in [-0.4, -0.2) is 41.9 Å². The van der Waals surface area contributed by atoms with Gasteiger partial charge in [0, 0.05) is 12.6 Å². The topological polar surface area (TPSA) is 58.6 Å². The van der Waals surface area contributed by atoms with E-state index < -0.39 is 6.04 Å². The summed E-state index contributed by atoms with van der Waals surface area (Å²) in [5.41, 5.74) is 2.08. The Balaban J connectivity index is 2.20. The van der Waals surface area contributed by atoms with Crippen molar-refractivity contribution in [3.05, 3.63) is 65.7 Å². The highest BCUT2D eigenvalue weighted by molar-refractivity contribution is 5.88. The highest BCUT2D eigenvalue weighted by atomic mass is 16.5. The van der Waals surface area contributed by atoms with E-state index in [2.05, 4.69) is 26.1 Å². The zero-order valence-electron chi connectivity index (χ0n) is 20.4.